The van der Waals surface area contributed by atoms with E-state index in [0.717, 1.165) is 4.57 Å². The average molecular weight is 706 g/mol. The van der Waals surface area contributed by atoms with Crippen LogP contribution in [0.3, 0.4) is 0 Å². The summed E-state index contributed by atoms with van der Waals surface area (Å²) in [5, 5.41) is 0. The fourth-order valence-corrected chi connectivity index (χ4v) is 7.10. The number of imidazole rings is 1. The van der Waals surface area contributed by atoms with Crippen LogP contribution < -0.4 is 0 Å². The zero-order chi connectivity index (χ0) is 37.7. The highest BCUT2D eigenvalue weighted by Crippen LogP contribution is 2.38. The number of carbonyl (C=O) groups excluding carboxylic acids is 5. The van der Waals surface area contributed by atoms with Crippen molar-refractivity contribution in [2.75, 3.05) is 21.2 Å². The van der Waals surface area contributed by atoms with Crippen molar-refractivity contribution < 1.29 is 52.4 Å². The Balaban J connectivity index is 2.14. The molecule has 2 aliphatic heterocycles. The second-order valence-electron chi connectivity index (χ2n) is 14.3. The number of allylic oxidation sites excluding steroid dienone is 1. The molecule has 0 aromatic carbocycles. The van der Waals surface area contributed by atoms with Gasteiger partial charge in [0.2, 0.25) is 0 Å². The van der Waals surface area contributed by atoms with Crippen molar-refractivity contribution >= 4 is 29.6 Å². The summed E-state index contributed by atoms with van der Waals surface area (Å²) in [5.74, 6) is -5.09. The highest BCUT2D eigenvalue weighted by Gasteiger charge is 2.51. The molecule has 50 heavy (non-hydrogen) atoms. The summed E-state index contributed by atoms with van der Waals surface area (Å²) in [4.78, 5) is 73.2. The Bertz CT molecular complexity index is 1410. The minimum absolute atomic E-state index is 0.0922. The topological polar surface area (TPSA) is 162 Å². The van der Waals surface area contributed by atoms with E-state index in [9.17, 15) is 24.0 Å². The maximum atomic E-state index is 14.2. The van der Waals surface area contributed by atoms with E-state index in [1.807, 2.05) is 25.9 Å². The van der Waals surface area contributed by atoms with Gasteiger partial charge in [-0.1, -0.05) is 20.8 Å². The van der Waals surface area contributed by atoms with Crippen LogP contribution in [-0.4, -0.2) is 113 Å². The quantitative estimate of drug-likeness (QED) is 0.226. The summed E-state index contributed by atoms with van der Waals surface area (Å²) in [6.07, 6.45) is 1.25. The van der Waals surface area contributed by atoms with Crippen LogP contribution in [0.2, 0.25) is 0 Å². The summed E-state index contributed by atoms with van der Waals surface area (Å²) in [6, 6.07) is -0.267. The number of methoxy groups -OCH3 is 1. The SMILES string of the molecule is CC[C@H]1OC(=O)[C@H](C)C(=O)C(C)[C@@H](O[C@@H]2O[C@H](C)C[C@H](N(C)C)C2OC(C)=O)[C@](C)(OC)C[C@@H](C)C(=O)/C(C)=C/[C@]1(C)OC(=O)n1ccnc1. The first kappa shape index (κ1) is 41.0. The molecule has 0 N–H and O–H groups in total. The van der Waals surface area contributed by atoms with Gasteiger partial charge in [0.15, 0.2) is 29.6 Å². The number of esters is 2. The summed E-state index contributed by atoms with van der Waals surface area (Å²) < 4.78 is 37.7. The Morgan fingerprint density at radius 1 is 1.12 bits per heavy atom. The standard InChI is InChI=1S/C36H55N3O11/c1-13-27-35(8,50-34(44)39-15-14-37-19-39)17-20(2)28(41)21(3)18-36(9,45-12)31(23(5)29(42)24(6)32(43)48-27)49-33-30(47-25(7)40)26(38(10)11)16-22(4)46-33/h14-15,17,19,21-24,26-27,30-31,33H,13,16,18H2,1-12H3/b20-17+/t21-,22-,23?,24-,26+,27-,30?,31-,33+,35+,36-/m1/s1. The van der Waals surface area contributed by atoms with Gasteiger partial charge in [0, 0.05) is 38.3 Å². The van der Waals surface area contributed by atoms with Gasteiger partial charge in [-0.25, -0.2) is 14.3 Å². The Labute approximate surface area is 295 Å². The lowest BCUT2D eigenvalue weighted by atomic mass is 9.77. The van der Waals surface area contributed by atoms with Crippen molar-refractivity contribution in [2.45, 2.75) is 130 Å². The first-order valence-corrected chi connectivity index (χ1v) is 17.2. The number of aromatic nitrogens is 2. The molecule has 0 saturated carbocycles. The number of rotatable bonds is 7. The van der Waals surface area contributed by atoms with Crippen molar-refractivity contribution in [1.29, 1.82) is 0 Å². The van der Waals surface area contributed by atoms with Gasteiger partial charge in [-0.05, 0) is 79.6 Å². The molecule has 0 amide bonds. The van der Waals surface area contributed by atoms with Gasteiger partial charge in [-0.2, -0.15) is 0 Å². The normalized spacial score (nSPS) is 37.3. The summed E-state index contributed by atoms with van der Waals surface area (Å²) in [6.45, 7) is 14.6. The fraction of sp³-hybridized carbons (Fsp3) is 0.722. The Morgan fingerprint density at radius 3 is 2.32 bits per heavy atom. The lowest BCUT2D eigenvalue weighted by Gasteiger charge is -2.47. The predicted molar refractivity (Wildman–Crippen MR) is 181 cm³/mol. The lowest BCUT2D eigenvalue weighted by molar-refractivity contribution is -0.297. The van der Waals surface area contributed by atoms with Crippen LogP contribution in [0, 0.1) is 17.8 Å². The Hall–Kier alpha value is -3.46. The molecule has 3 heterocycles. The third-order valence-electron chi connectivity index (χ3n) is 9.93. The number of ketones is 2. The monoisotopic (exact) mass is 705 g/mol. The summed E-state index contributed by atoms with van der Waals surface area (Å²) in [5.41, 5.74) is -2.62. The van der Waals surface area contributed by atoms with Crippen LogP contribution in [0.1, 0.15) is 81.6 Å². The van der Waals surface area contributed by atoms with Crippen molar-refractivity contribution in [3.8, 4) is 0 Å². The number of likely N-dealkylation sites (N-methyl/N-ethyl adjacent to an activating group) is 1. The van der Waals surface area contributed by atoms with Gasteiger partial charge < -0.3 is 33.3 Å². The molecule has 280 valence electrons. The van der Waals surface area contributed by atoms with Gasteiger partial charge in [0.1, 0.15) is 18.3 Å². The molecule has 0 aliphatic carbocycles. The molecule has 14 heteroatoms. The van der Waals surface area contributed by atoms with E-state index in [1.165, 1.54) is 45.8 Å². The second-order valence-corrected chi connectivity index (χ2v) is 14.3. The van der Waals surface area contributed by atoms with Crippen LogP contribution in [-0.2, 0) is 47.6 Å². The van der Waals surface area contributed by atoms with E-state index >= 15 is 0 Å². The molecule has 1 aromatic heterocycles. The van der Waals surface area contributed by atoms with Crippen LogP contribution in [0.4, 0.5) is 4.79 Å². The molecule has 3 rings (SSSR count). The van der Waals surface area contributed by atoms with Gasteiger partial charge in [-0.3, -0.25) is 19.2 Å². The molecule has 1 fully saturated rings. The second kappa shape index (κ2) is 16.7. The number of carbonyl (C=O) groups is 5. The van der Waals surface area contributed by atoms with E-state index in [0.29, 0.717) is 6.42 Å². The zero-order valence-corrected chi connectivity index (χ0v) is 31.5. The van der Waals surface area contributed by atoms with Crippen LogP contribution in [0.15, 0.2) is 30.4 Å². The number of hydrogen-bond donors (Lipinski definition) is 0. The molecular formula is C36H55N3O11. The minimum atomic E-state index is -1.59. The molecule has 1 aromatic rings. The molecular weight excluding hydrogens is 650 g/mol. The van der Waals surface area contributed by atoms with Gasteiger partial charge in [0.25, 0.3) is 0 Å². The van der Waals surface area contributed by atoms with E-state index < -0.39 is 77.4 Å². The molecule has 0 spiro atoms. The first-order valence-electron chi connectivity index (χ1n) is 17.2. The van der Waals surface area contributed by atoms with Crippen LogP contribution in [0.25, 0.3) is 0 Å². The number of Topliss-reactive ketones (excluding diaryl/α,β-unsaturated/α-hetero) is 2. The number of cyclic esters (lactones) is 1. The fourth-order valence-electron chi connectivity index (χ4n) is 7.10. The van der Waals surface area contributed by atoms with E-state index in [-0.39, 0.29) is 36.3 Å². The molecule has 1 saturated heterocycles. The highest BCUT2D eigenvalue weighted by atomic mass is 16.7. The third kappa shape index (κ3) is 9.25. The average Bonchev–Trinajstić information content (AvgIpc) is 3.60. The van der Waals surface area contributed by atoms with E-state index in [2.05, 4.69) is 4.98 Å². The highest BCUT2D eigenvalue weighted by molar-refractivity contribution is 6.00. The minimum Gasteiger partial charge on any atom is -0.457 e. The molecule has 0 radical (unpaired) electrons. The molecule has 2 aliphatic rings. The van der Waals surface area contributed by atoms with Crippen molar-refractivity contribution in [2.24, 2.45) is 17.8 Å². The third-order valence-corrected chi connectivity index (χ3v) is 9.93. The number of ether oxygens (including phenoxy) is 6. The molecule has 0 bridgehead atoms. The largest absolute Gasteiger partial charge is 0.457 e. The Kier molecular flexibility index (Phi) is 13.7. The van der Waals surface area contributed by atoms with E-state index in [4.69, 9.17) is 28.4 Å². The van der Waals surface area contributed by atoms with Crippen LogP contribution in [0.5, 0.6) is 0 Å². The van der Waals surface area contributed by atoms with Crippen molar-refractivity contribution in [3.63, 3.8) is 0 Å². The van der Waals surface area contributed by atoms with Gasteiger partial charge in [-0.15, -0.1) is 0 Å². The maximum absolute atomic E-state index is 14.2. The molecule has 11 atom stereocenters. The summed E-state index contributed by atoms with van der Waals surface area (Å²) >= 11 is 0. The molecule has 14 nitrogen and oxygen atoms in total. The van der Waals surface area contributed by atoms with E-state index in [1.54, 1.807) is 41.5 Å². The predicted octanol–water partition coefficient (Wildman–Crippen LogP) is 4.13. The Morgan fingerprint density at radius 2 is 1.78 bits per heavy atom. The first-order chi connectivity index (χ1) is 23.3. The summed E-state index contributed by atoms with van der Waals surface area (Å²) in [7, 11) is 5.20. The van der Waals surface area contributed by atoms with Gasteiger partial charge in [0.05, 0.1) is 23.9 Å². The molecule has 2 unspecified atom stereocenters. The van der Waals surface area contributed by atoms with Crippen LogP contribution >= 0.6 is 0 Å². The van der Waals surface area contributed by atoms with Gasteiger partial charge >= 0.3 is 18.0 Å². The van der Waals surface area contributed by atoms with Crippen molar-refractivity contribution in [3.05, 3.63) is 30.4 Å². The number of nitrogens with zero attached hydrogens (tertiary/aromatic N) is 3. The number of hydrogen-bond acceptors (Lipinski definition) is 13. The lowest BCUT2D eigenvalue weighted by Crippen LogP contribution is -2.60. The zero-order valence-electron chi connectivity index (χ0n) is 31.5. The maximum Gasteiger partial charge on any atom is 0.420 e. The van der Waals surface area contributed by atoms with Crippen molar-refractivity contribution in [1.82, 2.24) is 14.5 Å². The smallest absolute Gasteiger partial charge is 0.420 e.